The van der Waals surface area contributed by atoms with Crippen LogP contribution in [0.25, 0.3) is 0 Å². The van der Waals surface area contributed by atoms with E-state index in [0.717, 1.165) is 29.8 Å². The number of aryl methyl sites for hydroxylation is 1. The Morgan fingerprint density at radius 3 is 2.65 bits per heavy atom. The standard InChI is InChI=1S/C16H26N2O2/c1-6-9-18-12(3)14-8-7-11(2)10-15(14)20-13(4)16(19)17-5/h7-8,10,12-13,18H,6,9H2,1-5H3,(H,17,19). The second-order valence-electron chi connectivity index (χ2n) is 5.09. The first-order valence-electron chi connectivity index (χ1n) is 7.21. The maximum absolute atomic E-state index is 11.6. The summed E-state index contributed by atoms with van der Waals surface area (Å²) in [5.41, 5.74) is 2.20. The number of ether oxygens (including phenoxy) is 1. The lowest BCUT2D eigenvalue weighted by Gasteiger charge is -2.21. The molecule has 4 nitrogen and oxygen atoms in total. The topological polar surface area (TPSA) is 50.4 Å². The molecule has 1 aromatic carbocycles. The molecule has 0 aromatic heterocycles. The van der Waals surface area contributed by atoms with E-state index in [1.165, 1.54) is 0 Å². The molecule has 2 N–H and O–H groups in total. The van der Waals surface area contributed by atoms with Gasteiger partial charge in [-0.15, -0.1) is 0 Å². The molecule has 4 heteroatoms. The molecule has 1 aromatic rings. The Hall–Kier alpha value is -1.55. The molecule has 0 bridgehead atoms. The molecular formula is C16H26N2O2. The van der Waals surface area contributed by atoms with Crippen molar-refractivity contribution >= 4 is 5.91 Å². The average Bonchev–Trinajstić information content (AvgIpc) is 2.43. The van der Waals surface area contributed by atoms with Crippen molar-refractivity contribution in [2.24, 2.45) is 0 Å². The van der Waals surface area contributed by atoms with Crippen LogP contribution in [-0.2, 0) is 4.79 Å². The van der Waals surface area contributed by atoms with E-state index < -0.39 is 6.10 Å². The summed E-state index contributed by atoms with van der Waals surface area (Å²) in [6, 6.07) is 6.31. The van der Waals surface area contributed by atoms with Gasteiger partial charge in [0.2, 0.25) is 0 Å². The minimum absolute atomic E-state index is 0.119. The summed E-state index contributed by atoms with van der Waals surface area (Å²) in [6.45, 7) is 8.98. The van der Waals surface area contributed by atoms with E-state index >= 15 is 0 Å². The van der Waals surface area contributed by atoms with Crippen LogP contribution in [0.1, 0.15) is 44.4 Å². The summed E-state index contributed by atoms with van der Waals surface area (Å²) in [5.74, 6) is 0.656. The third-order valence-corrected chi connectivity index (χ3v) is 3.26. The van der Waals surface area contributed by atoms with E-state index in [1.807, 2.05) is 13.0 Å². The van der Waals surface area contributed by atoms with Crippen LogP contribution in [0.4, 0.5) is 0 Å². The lowest BCUT2D eigenvalue weighted by molar-refractivity contribution is -0.126. The zero-order chi connectivity index (χ0) is 15.1. The molecular weight excluding hydrogens is 252 g/mol. The molecule has 0 radical (unpaired) electrons. The third-order valence-electron chi connectivity index (χ3n) is 3.26. The Morgan fingerprint density at radius 1 is 1.35 bits per heavy atom. The molecule has 1 amide bonds. The number of likely N-dealkylation sites (N-methyl/N-ethyl adjacent to an activating group) is 1. The highest BCUT2D eigenvalue weighted by molar-refractivity contribution is 5.80. The fourth-order valence-corrected chi connectivity index (χ4v) is 2.02. The van der Waals surface area contributed by atoms with E-state index in [0.29, 0.717) is 0 Å². The van der Waals surface area contributed by atoms with E-state index in [2.05, 4.69) is 36.6 Å². The van der Waals surface area contributed by atoms with E-state index in [1.54, 1.807) is 14.0 Å². The minimum Gasteiger partial charge on any atom is -0.481 e. The highest BCUT2D eigenvalue weighted by Gasteiger charge is 2.17. The second kappa shape index (κ2) is 7.90. The van der Waals surface area contributed by atoms with Crippen LogP contribution in [0, 0.1) is 6.92 Å². The van der Waals surface area contributed by atoms with Gasteiger partial charge in [-0.05, 0) is 45.4 Å². The molecule has 0 aliphatic heterocycles. The molecule has 0 saturated heterocycles. The Balaban J connectivity index is 2.92. The van der Waals surface area contributed by atoms with Gasteiger partial charge in [-0.3, -0.25) is 4.79 Å². The molecule has 0 saturated carbocycles. The average molecular weight is 278 g/mol. The first-order valence-corrected chi connectivity index (χ1v) is 7.21. The van der Waals surface area contributed by atoms with Gasteiger partial charge in [-0.1, -0.05) is 19.1 Å². The SMILES string of the molecule is CCCNC(C)c1ccc(C)cc1OC(C)C(=O)NC. The second-order valence-corrected chi connectivity index (χ2v) is 5.09. The zero-order valence-electron chi connectivity index (χ0n) is 13.1. The van der Waals surface area contributed by atoms with Gasteiger partial charge >= 0.3 is 0 Å². The van der Waals surface area contributed by atoms with Crippen LogP contribution in [0.5, 0.6) is 5.75 Å². The van der Waals surface area contributed by atoms with Gasteiger partial charge < -0.3 is 15.4 Å². The van der Waals surface area contributed by atoms with Gasteiger partial charge in [0, 0.05) is 18.7 Å². The van der Waals surface area contributed by atoms with Crippen LogP contribution < -0.4 is 15.4 Å². The Morgan fingerprint density at radius 2 is 2.05 bits per heavy atom. The van der Waals surface area contributed by atoms with Gasteiger partial charge in [0.05, 0.1) is 0 Å². The molecule has 112 valence electrons. The van der Waals surface area contributed by atoms with E-state index in [4.69, 9.17) is 4.74 Å². The monoisotopic (exact) mass is 278 g/mol. The summed E-state index contributed by atoms with van der Waals surface area (Å²) in [6.07, 6.45) is 0.583. The summed E-state index contributed by atoms with van der Waals surface area (Å²) < 4.78 is 5.83. The van der Waals surface area contributed by atoms with Gasteiger partial charge in [0.25, 0.3) is 5.91 Å². The number of carbonyl (C=O) groups is 1. The molecule has 2 unspecified atom stereocenters. The van der Waals surface area contributed by atoms with E-state index in [9.17, 15) is 4.79 Å². The predicted molar refractivity (Wildman–Crippen MR) is 82.0 cm³/mol. The van der Waals surface area contributed by atoms with Crippen LogP contribution in [0.2, 0.25) is 0 Å². The Kier molecular flexibility index (Phi) is 6.52. The highest BCUT2D eigenvalue weighted by Crippen LogP contribution is 2.27. The molecule has 1 rings (SSSR count). The number of hydrogen-bond donors (Lipinski definition) is 2. The molecule has 0 spiro atoms. The number of rotatable bonds is 7. The molecule has 0 heterocycles. The normalized spacial score (nSPS) is 13.7. The van der Waals surface area contributed by atoms with Crippen molar-refractivity contribution in [3.63, 3.8) is 0 Å². The number of nitrogens with one attached hydrogen (secondary N) is 2. The summed E-state index contributed by atoms with van der Waals surface area (Å²) in [5, 5.41) is 6.05. The van der Waals surface area contributed by atoms with Crippen molar-refractivity contribution in [2.45, 2.75) is 46.3 Å². The third kappa shape index (κ3) is 4.53. The van der Waals surface area contributed by atoms with Crippen LogP contribution in [0.15, 0.2) is 18.2 Å². The smallest absolute Gasteiger partial charge is 0.260 e. The van der Waals surface area contributed by atoms with Crippen LogP contribution in [0.3, 0.4) is 0 Å². The van der Waals surface area contributed by atoms with Gasteiger partial charge in [-0.25, -0.2) is 0 Å². The highest BCUT2D eigenvalue weighted by atomic mass is 16.5. The lowest BCUT2D eigenvalue weighted by Crippen LogP contribution is -2.34. The van der Waals surface area contributed by atoms with Crippen LogP contribution >= 0.6 is 0 Å². The maximum Gasteiger partial charge on any atom is 0.260 e. The quantitative estimate of drug-likeness (QED) is 0.806. The lowest BCUT2D eigenvalue weighted by atomic mass is 10.0. The summed E-state index contributed by atoms with van der Waals surface area (Å²) in [4.78, 5) is 11.6. The van der Waals surface area contributed by atoms with E-state index in [-0.39, 0.29) is 11.9 Å². The van der Waals surface area contributed by atoms with Crippen molar-refractivity contribution in [3.05, 3.63) is 29.3 Å². The van der Waals surface area contributed by atoms with Crippen molar-refractivity contribution in [1.29, 1.82) is 0 Å². The maximum atomic E-state index is 11.6. The van der Waals surface area contributed by atoms with Crippen molar-refractivity contribution in [3.8, 4) is 5.75 Å². The van der Waals surface area contributed by atoms with Gasteiger partial charge in [-0.2, -0.15) is 0 Å². The number of hydrogen-bond acceptors (Lipinski definition) is 3. The number of benzene rings is 1. The summed E-state index contributed by atoms with van der Waals surface area (Å²) >= 11 is 0. The largest absolute Gasteiger partial charge is 0.481 e. The van der Waals surface area contributed by atoms with Crippen molar-refractivity contribution in [1.82, 2.24) is 10.6 Å². The fourth-order valence-electron chi connectivity index (χ4n) is 2.02. The molecule has 2 atom stereocenters. The molecule has 0 aliphatic rings. The fraction of sp³-hybridized carbons (Fsp3) is 0.562. The molecule has 0 fully saturated rings. The number of carbonyl (C=O) groups excluding carboxylic acids is 1. The van der Waals surface area contributed by atoms with Gasteiger partial charge in [0.1, 0.15) is 5.75 Å². The van der Waals surface area contributed by atoms with Gasteiger partial charge in [0.15, 0.2) is 6.10 Å². The summed E-state index contributed by atoms with van der Waals surface area (Å²) in [7, 11) is 1.62. The first kappa shape index (κ1) is 16.5. The van der Waals surface area contributed by atoms with Crippen molar-refractivity contribution < 1.29 is 9.53 Å². The minimum atomic E-state index is -0.501. The number of amides is 1. The molecule has 0 aliphatic carbocycles. The first-order chi connectivity index (χ1) is 9.49. The molecule has 20 heavy (non-hydrogen) atoms. The van der Waals surface area contributed by atoms with Crippen LogP contribution in [-0.4, -0.2) is 25.6 Å². The zero-order valence-corrected chi connectivity index (χ0v) is 13.1. The predicted octanol–water partition coefficient (Wildman–Crippen LogP) is 2.57. The van der Waals surface area contributed by atoms with Crippen molar-refractivity contribution in [2.75, 3.05) is 13.6 Å². The Labute approximate surface area is 121 Å². The Bertz CT molecular complexity index is 446.